The average molecular weight is 211 g/mol. The Morgan fingerprint density at radius 2 is 1.14 bits per heavy atom. The summed E-state index contributed by atoms with van der Waals surface area (Å²) in [7, 11) is 4.13. The number of hydrogen-bond donors (Lipinski definition) is 0. The van der Waals surface area contributed by atoms with Gasteiger partial charge in [0, 0.05) is 0 Å². The van der Waals surface area contributed by atoms with E-state index in [4.69, 9.17) is 0 Å². The average Bonchev–Trinajstić information content (AvgIpc) is 2.75. The van der Waals surface area contributed by atoms with Crippen LogP contribution in [0.3, 0.4) is 0 Å². The van der Waals surface area contributed by atoms with Crippen LogP contribution in [-0.4, -0.2) is 27.6 Å². The molecule has 0 radical (unpaired) electrons. The maximum Gasteiger partial charge on any atom is 0.117 e. The van der Waals surface area contributed by atoms with Gasteiger partial charge in [-0.15, -0.1) is 0 Å². The van der Waals surface area contributed by atoms with E-state index in [0.717, 1.165) is 11.1 Å². The van der Waals surface area contributed by atoms with E-state index in [1.165, 1.54) is 25.7 Å². The van der Waals surface area contributed by atoms with Gasteiger partial charge in [-0.2, -0.15) is 0 Å². The van der Waals surface area contributed by atoms with Crippen LogP contribution in [0, 0.1) is 0 Å². The van der Waals surface area contributed by atoms with Crippen LogP contribution in [0.1, 0.15) is 51.4 Å². The van der Waals surface area contributed by atoms with Crippen molar-refractivity contribution in [3.8, 4) is 0 Å². The zero-order chi connectivity index (χ0) is 9.97. The molecule has 82 valence electrons. The molecule has 0 unspecified atom stereocenters. The molecule has 2 rings (SSSR count). The normalized spacial score (nSPS) is 25.7. The summed E-state index contributed by atoms with van der Waals surface area (Å²) in [6.07, 6.45) is 12.3. The van der Waals surface area contributed by atoms with Crippen molar-refractivity contribution in [2.24, 2.45) is 0 Å². The van der Waals surface area contributed by atoms with Gasteiger partial charge in [0.1, 0.15) is 8.96 Å². The van der Waals surface area contributed by atoms with E-state index in [2.05, 4.69) is 18.7 Å². The lowest BCUT2D eigenvalue weighted by Crippen LogP contribution is -2.40. The van der Waals surface area contributed by atoms with Crippen LogP contribution in [0.15, 0.2) is 0 Å². The summed E-state index contributed by atoms with van der Waals surface area (Å²) in [6, 6.07) is 0. The molecule has 2 fully saturated rings. The first kappa shape index (κ1) is 10.7. The zero-order valence-corrected chi connectivity index (χ0v) is 11.0. The first-order chi connectivity index (χ1) is 6.79. The minimum Gasteiger partial charge on any atom is -0.331 e. The molecule has 0 aromatic carbocycles. The van der Waals surface area contributed by atoms with Gasteiger partial charge < -0.3 is 4.57 Å². The van der Waals surface area contributed by atoms with E-state index in [9.17, 15) is 0 Å². The molecule has 0 aromatic heterocycles. The third kappa shape index (κ3) is 2.22. The fourth-order valence-corrected chi connectivity index (χ4v) is 8.59. The monoisotopic (exact) mass is 211 g/mol. The SMILES string of the molecule is CN(C)[SiH](C1CCCC1)C1CCCC1. The molecule has 0 aromatic rings. The molecule has 0 N–H and O–H groups in total. The third-order valence-electron chi connectivity index (χ3n) is 4.36. The highest BCUT2D eigenvalue weighted by molar-refractivity contribution is 6.59. The first-order valence-electron chi connectivity index (χ1n) is 6.45. The lowest BCUT2D eigenvalue weighted by atomic mass is 10.3. The number of nitrogens with zero attached hydrogens (tertiary/aromatic N) is 1. The predicted molar refractivity (Wildman–Crippen MR) is 65.3 cm³/mol. The molecule has 0 spiro atoms. The summed E-state index contributed by atoms with van der Waals surface area (Å²) < 4.78 is 2.66. The Bertz CT molecular complexity index is 153. The van der Waals surface area contributed by atoms with Gasteiger partial charge in [0.25, 0.3) is 0 Å². The molecule has 2 aliphatic rings. The summed E-state index contributed by atoms with van der Waals surface area (Å²) in [5.41, 5.74) is 2.32. The van der Waals surface area contributed by atoms with Gasteiger partial charge in [-0.25, -0.2) is 0 Å². The van der Waals surface area contributed by atoms with E-state index in [0.29, 0.717) is 0 Å². The molecule has 0 bridgehead atoms. The maximum absolute atomic E-state index is 2.66. The molecular formula is C12H25NSi. The van der Waals surface area contributed by atoms with Crippen molar-refractivity contribution in [2.45, 2.75) is 62.4 Å². The van der Waals surface area contributed by atoms with Crippen molar-refractivity contribution >= 4 is 8.96 Å². The predicted octanol–water partition coefficient (Wildman–Crippen LogP) is 3.16. The Labute approximate surface area is 90.6 Å². The molecule has 0 amide bonds. The highest BCUT2D eigenvalue weighted by Gasteiger charge is 2.35. The summed E-state index contributed by atoms with van der Waals surface area (Å²) in [6.45, 7) is 0. The molecule has 2 saturated carbocycles. The van der Waals surface area contributed by atoms with Gasteiger partial charge in [0.05, 0.1) is 0 Å². The Morgan fingerprint density at radius 3 is 1.43 bits per heavy atom. The second-order valence-corrected chi connectivity index (χ2v) is 9.44. The maximum atomic E-state index is 2.66. The van der Waals surface area contributed by atoms with Gasteiger partial charge >= 0.3 is 0 Å². The summed E-state index contributed by atoms with van der Waals surface area (Å²) in [5, 5.41) is 0. The van der Waals surface area contributed by atoms with E-state index in [-0.39, 0.29) is 0 Å². The Morgan fingerprint density at radius 1 is 0.786 bits per heavy atom. The third-order valence-corrected chi connectivity index (χ3v) is 8.82. The minimum absolute atomic E-state index is 0.579. The van der Waals surface area contributed by atoms with Crippen molar-refractivity contribution < 1.29 is 0 Å². The summed E-state index contributed by atoms with van der Waals surface area (Å²) in [5.74, 6) is 0. The molecule has 0 saturated heterocycles. The van der Waals surface area contributed by atoms with Crippen LogP contribution in [0.2, 0.25) is 11.1 Å². The fraction of sp³-hybridized carbons (Fsp3) is 1.00. The smallest absolute Gasteiger partial charge is 0.117 e. The van der Waals surface area contributed by atoms with Gasteiger partial charge in [0.2, 0.25) is 0 Å². The van der Waals surface area contributed by atoms with Crippen molar-refractivity contribution in [3.63, 3.8) is 0 Å². The summed E-state index contributed by atoms with van der Waals surface area (Å²) in [4.78, 5) is 0. The Hall–Kier alpha value is 0.177. The number of rotatable bonds is 3. The molecule has 2 aliphatic carbocycles. The van der Waals surface area contributed by atoms with Crippen LogP contribution >= 0.6 is 0 Å². The Kier molecular flexibility index (Phi) is 3.66. The minimum atomic E-state index is -0.579. The van der Waals surface area contributed by atoms with E-state index in [1.54, 1.807) is 25.7 Å². The first-order valence-corrected chi connectivity index (χ1v) is 8.30. The summed E-state index contributed by atoms with van der Waals surface area (Å²) >= 11 is 0. The largest absolute Gasteiger partial charge is 0.331 e. The van der Waals surface area contributed by atoms with E-state index >= 15 is 0 Å². The van der Waals surface area contributed by atoms with Crippen LogP contribution in [-0.2, 0) is 0 Å². The second-order valence-electron chi connectivity index (χ2n) is 5.54. The second kappa shape index (κ2) is 4.80. The van der Waals surface area contributed by atoms with Crippen LogP contribution in [0.5, 0.6) is 0 Å². The number of hydrogen-bond acceptors (Lipinski definition) is 1. The topological polar surface area (TPSA) is 3.24 Å². The molecule has 2 heteroatoms. The van der Waals surface area contributed by atoms with E-state index in [1.807, 2.05) is 0 Å². The van der Waals surface area contributed by atoms with Crippen LogP contribution in [0.25, 0.3) is 0 Å². The lowest BCUT2D eigenvalue weighted by molar-refractivity contribution is 0.573. The highest BCUT2D eigenvalue weighted by Crippen LogP contribution is 2.43. The molecule has 1 nitrogen and oxygen atoms in total. The van der Waals surface area contributed by atoms with E-state index < -0.39 is 8.96 Å². The van der Waals surface area contributed by atoms with Gasteiger partial charge in [-0.05, 0) is 25.2 Å². The van der Waals surface area contributed by atoms with Crippen LogP contribution < -0.4 is 0 Å². The lowest BCUT2D eigenvalue weighted by Gasteiger charge is -2.33. The molecular weight excluding hydrogens is 186 g/mol. The van der Waals surface area contributed by atoms with Crippen LogP contribution in [0.4, 0.5) is 0 Å². The quantitative estimate of drug-likeness (QED) is 0.648. The van der Waals surface area contributed by atoms with Crippen molar-refractivity contribution in [1.29, 1.82) is 0 Å². The fourth-order valence-electron chi connectivity index (χ4n) is 3.83. The Balaban J connectivity index is 1.98. The molecule has 0 heterocycles. The van der Waals surface area contributed by atoms with Gasteiger partial charge in [-0.3, -0.25) is 0 Å². The molecule has 14 heavy (non-hydrogen) atoms. The highest BCUT2D eigenvalue weighted by atomic mass is 28.3. The molecule has 0 aliphatic heterocycles. The standard InChI is InChI=1S/C12H25NSi/c1-13(2)14(11-7-3-4-8-11)12-9-5-6-10-12/h11-12,14H,3-10H2,1-2H3. The van der Waals surface area contributed by atoms with Crippen molar-refractivity contribution in [2.75, 3.05) is 14.1 Å². The van der Waals surface area contributed by atoms with Crippen molar-refractivity contribution in [1.82, 2.24) is 4.57 Å². The van der Waals surface area contributed by atoms with Crippen molar-refractivity contribution in [3.05, 3.63) is 0 Å². The van der Waals surface area contributed by atoms with Gasteiger partial charge in [0.15, 0.2) is 0 Å². The zero-order valence-electron chi connectivity index (χ0n) is 9.84. The molecule has 0 atom stereocenters. The van der Waals surface area contributed by atoms with Gasteiger partial charge in [-0.1, -0.05) is 51.4 Å².